The van der Waals surface area contributed by atoms with Gasteiger partial charge in [-0.3, -0.25) is 0 Å². The van der Waals surface area contributed by atoms with Crippen LogP contribution in [0.4, 0.5) is 5.69 Å². The summed E-state index contributed by atoms with van der Waals surface area (Å²) in [5, 5.41) is 2.95. The number of esters is 1. The molecule has 92 valence electrons. The Balaban J connectivity index is 3.42. The first-order chi connectivity index (χ1) is 7.88. The van der Waals surface area contributed by atoms with Gasteiger partial charge in [-0.1, -0.05) is 0 Å². The molecule has 0 spiro atoms. The van der Waals surface area contributed by atoms with Gasteiger partial charge in [0.25, 0.3) is 0 Å². The number of benzene rings is 1. The van der Waals surface area contributed by atoms with Crippen LogP contribution in [0.3, 0.4) is 0 Å². The molecule has 0 aliphatic carbocycles. The van der Waals surface area contributed by atoms with Crippen molar-refractivity contribution in [2.24, 2.45) is 5.73 Å². The fraction of sp³-hybridized carbons (Fsp3) is 0.200. The highest BCUT2D eigenvalue weighted by atomic mass is 79.9. The van der Waals surface area contributed by atoms with Crippen molar-refractivity contribution in [2.75, 3.05) is 12.4 Å². The van der Waals surface area contributed by atoms with Crippen LogP contribution in [0.25, 0.3) is 0 Å². The highest BCUT2D eigenvalue weighted by Gasteiger charge is 2.19. The summed E-state index contributed by atoms with van der Waals surface area (Å²) < 4.78 is 5.91. The van der Waals surface area contributed by atoms with Crippen LogP contribution in [-0.4, -0.2) is 18.2 Å². The number of anilines is 1. The van der Waals surface area contributed by atoms with E-state index in [1.54, 1.807) is 6.07 Å². The monoisotopic (exact) mass is 380 g/mol. The average molecular weight is 382 g/mol. The average Bonchev–Trinajstić information content (AvgIpc) is 2.23. The van der Waals surface area contributed by atoms with Crippen LogP contribution >= 0.6 is 44.1 Å². The van der Waals surface area contributed by atoms with Crippen LogP contribution < -0.4 is 11.1 Å². The second-order valence-electron chi connectivity index (χ2n) is 3.22. The molecule has 0 saturated carbocycles. The van der Waals surface area contributed by atoms with Gasteiger partial charge in [0, 0.05) is 4.47 Å². The lowest BCUT2D eigenvalue weighted by atomic mass is 10.1. The maximum absolute atomic E-state index is 11.6. The van der Waals surface area contributed by atoms with Gasteiger partial charge >= 0.3 is 5.97 Å². The maximum atomic E-state index is 11.6. The van der Waals surface area contributed by atoms with Gasteiger partial charge in [-0.2, -0.15) is 0 Å². The summed E-state index contributed by atoms with van der Waals surface area (Å²) in [6, 6.07) is 1.79. The fourth-order valence-corrected chi connectivity index (χ4v) is 3.16. The smallest absolute Gasteiger partial charge is 0.340 e. The molecule has 0 heterocycles. The number of hydrogen-bond acceptors (Lipinski definition) is 3. The topological polar surface area (TPSA) is 64.3 Å². The van der Waals surface area contributed by atoms with E-state index in [0.717, 1.165) is 5.56 Å². The van der Waals surface area contributed by atoms with Crippen molar-refractivity contribution in [2.45, 2.75) is 6.92 Å². The van der Waals surface area contributed by atoms with Crippen LogP contribution in [0.1, 0.15) is 15.9 Å². The molecule has 0 unspecified atom stereocenters. The summed E-state index contributed by atoms with van der Waals surface area (Å²) in [5.74, 6) is -0.449. The molecule has 3 N–H and O–H groups in total. The number of methoxy groups -OCH3 is 1. The first-order valence-corrected chi connectivity index (χ1v) is 6.51. The van der Waals surface area contributed by atoms with E-state index in [2.05, 4.69) is 37.2 Å². The highest BCUT2D eigenvalue weighted by Crippen LogP contribution is 2.35. The van der Waals surface area contributed by atoms with E-state index in [1.807, 2.05) is 6.92 Å². The summed E-state index contributed by atoms with van der Waals surface area (Å²) >= 11 is 11.4. The number of ether oxygens (including phenoxy) is 1. The molecule has 17 heavy (non-hydrogen) atoms. The van der Waals surface area contributed by atoms with Crippen LogP contribution in [0.15, 0.2) is 15.0 Å². The van der Waals surface area contributed by atoms with Crippen molar-refractivity contribution < 1.29 is 9.53 Å². The summed E-state index contributed by atoms with van der Waals surface area (Å²) in [5.41, 5.74) is 7.36. The minimum Gasteiger partial charge on any atom is -0.465 e. The van der Waals surface area contributed by atoms with E-state index in [0.29, 0.717) is 20.2 Å². The Morgan fingerprint density at radius 1 is 1.53 bits per heavy atom. The first-order valence-electron chi connectivity index (χ1n) is 4.51. The second kappa shape index (κ2) is 5.79. The van der Waals surface area contributed by atoms with Crippen molar-refractivity contribution >= 4 is 60.8 Å². The SMILES string of the molecule is COC(=O)c1c(Br)cc(C)c(NC(N)=S)c1Br. The van der Waals surface area contributed by atoms with Crippen LogP contribution in [0, 0.1) is 6.92 Å². The van der Waals surface area contributed by atoms with Crippen molar-refractivity contribution in [1.29, 1.82) is 0 Å². The molecule has 0 aliphatic rings. The van der Waals surface area contributed by atoms with E-state index in [4.69, 9.17) is 22.7 Å². The maximum Gasteiger partial charge on any atom is 0.340 e. The van der Waals surface area contributed by atoms with Crippen molar-refractivity contribution in [3.8, 4) is 0 Å². The minimum absolute atomic E-state index is 0.131. The first kappa shape index (κ1) is 14.4. The molecule has 0 aromatic heterocycles. The largest absolute Gasteiger partial charge is 0.465 e. The third-order valence-electron chi connectivity index (χ3n) is 2.05. The Hall–Kier alpha value is -0.660. The van der Waals surface area contributed by atoms with E-state index in [9.17, 15) is 4.79 Å². The van der Waals surface area contributed by atoms with Gasteiger partial charge in [0.15, 0.2) is 5.11 Å². The Labute approximate surface area is 121 Å². The molecule has 0 amide bonds. The summed E-state index contributed by atoms with van der Waals surface area (Å²) in [4.78, 5) is 11.6. The fourth-order valence-electron chi connectivity index (χ4n) is 1.30. The lowest BCUT2D eigenvalue weighted by Gasteiger charge is -2.14. The number of carbonyl (C=O) groups excluding carboxylic acids is 1. The zero-order valence-corrected chi connectivity index (χ0v) is 13.1. The molecule has 0 radical (unpaired) electrons. The van der Waals surface area contributed by atoms with Crippen molar-refractivity contribution in [3.05, 3.63) is 26.1 Å². The Morgan fingerprint density at radius 3 is 2.59 bits per heavy atom. The Bertz CT molecular complexity index is 492. The van der Waals surface area contributed by atoms with E-state index < -0.39 is 5.97 Å². The summed E-state index contributed by atoms with van der Waals surface area (Å²) in [6.07, 6.45) is 0. The second-order valence-corrected chi connectivity index (χ2v) is 5.31. The van der Waals surface area contributed by atoms with Gasteiger partial charge in [-0.05, 0) is 62.6 Å². The van der Waals surface area contributed by atoms with Crippen molar-refractivity contribution in [3.63, 3.8) is 0 Å². The van der Waals surface area contributed by atoms with Gasteiger partial charge in [-0.25, -0.2) is 4.79 Å². The number of rotatable bonds is 2. The molecule has 0 atom stereocenters. The minimum atomic E-state index is -0.449. The van der Waals surface area contributed by atoms with Gasteiger partial charge in [0.05, 0.1) is 22.8 Å². The van der Waals surface area contributed by atoms with Gasteiger partial charge in [0.2, 0.25) is 0 Å². The molecule has 4 nitrogen and oxygen atoms in total. The van der Waals surface area contributed by atoms with Gasteiger partial charge in [0.1, 0.15) is 0 Å². The van der Waals surface area contributed by atoms with Crippen LogP contribution in [0.2, 0.25) is 0 Å². The lowest BCUT2D eigenvalue weighted by molar-refractivity contribution is 0.0598. The quantitative estimate of drug-likeness (QED) is 0.609. The van der Waals surface area contributed by atoms with Crippen molar-refractivity contribution in [1.82, 2.24) is 0 Å². The molecular weight excluding hydrogens is 372 g/mol. The molecule has 1 rings (SSSR count). The number of nitrogens with one attached hydrogen (secondary N) is 1. The highest BCUT2D eigenvalue weighted by molar-refractivity contribution is 9.11. The summed E-state index contributed by atoms with van der Waals surface area (Å²) in [7, 11) is 1.32. The van der Waals surface area contributed by atoms with Crippen LogP contribution in [0.5, 0.6) is 0 Å². The molecule has 0 bridgehead atoms. The van der Waals surface area contributed by atoms with Gasteiger partial charge < -0.3 is 15.8 Å². The van der Waals surface area contributed by atoms with Gasteiger partial charge in [-0.15, -0.1) is 0 Å². The normalized spacial score (nSPS) is 9.88. The van der Waals surface area contributed by atoms with E-state index >= 15 is 0 Å². The Kier molecular flexibility index (Phi) is 4.91. The van der Waals surface area contributed by atoms with E-state index in [-0.39, 0.29) is 5.11 Å². The molecule has 0 fully saturated rings. The molecule has 1 aromatic carbocycles. The Morgan fingerprint density at radius 2 is 2.12 bits per heavy atom. The molecule has 1 aromatic rings. The number of halogens is 2. The van der Waals surface area contributed by atoms with Crippen LogP contribution in [-0.2, 0) is 4.74 Å². The number of hydrogen-bond donors (Lipinski definition) is 2. The predicted octanol–water partition coefficient (Wildman–Crippen LogP) is 2.96. The molecule has 7 heteroatoms. The number of nitrogens with two attached hydrogens (primary N) is 1. The molecule has 0 aliphatic heterocycles. The number of aryl methyl sites for hydroxylation is 1. The third kappa shape index (κ3) is 3.17. The number of carbonyl (C=O) groups is 1. The predicted molar refractivity (Wildman–Crippen MR) is 78.3 cm³/mol. The molecular formula is C10H10Br2N2O2S. The summed E-state index contributed by atoms with van der Waals surface area (Å²) in [6.45, 7) is 1.87. The zero-order chi connectivity index (χ0) is 13.2. The lowest BCUT2D eigenvalue weighted by Crippen LogP contribution is -2.20. The zero-order valence-electron chi connectivity index (χ0n) is 9.14. The number of thiocarbonyl (C=S) groups is 1. The van der Waals surface area contributed by atoms with E-state index in [1.165, 1.54) is 7.11 Å². The standard InChI is InChI=1S/C10H10Br2N2O2S/c1-4-3-5(11)6(9(15)16-2)7(12)8(4)14-10(13)17/h3H,1-2H3,(H3,13,14,17). The third-order valence-corrected chi connectivity index (χ3v) is 3.57. The molecule has 0 saturated heterocycles.